The summed E-state index contributed by atoms with van der Waals surface area (Å²) in [6.07, 6.45) is 0.220. The van der Waals surface area contributed by atoms with E-state index < -0.39 is 17.6 Å². The van der Waals surface area contributed by atoms with E-state index in [1.165, 1.54) is 0 Å². The summed E-state index contributed by atoms with van der Waals surface area (Å²) in [4.78, 5) is 42.4. The average molecular weight is 517 g/mol. The van der Waals surface area contributed by atoms with Gasteiger partial charge in [0, 0.05) is 63.8 Å². The molecule has 2 amide bonds. The maximum atomic E-state index is 13.1. The van der Waals surface area contributed by atoms with Crippen LogP contribution in [0.2, 0.25) is 0 Å². The summed E-state index contributed by atoms with van der Waals surface area (Å²) in [5.41, 5.74) is 6.53. The molecule has 0 spiro atoms. The van der Waals surface area contributed by atoms with Crippen LogP contribution in [0, 0.1) is 0 Å². The zero-order valence-corrected chi connectivity index (χ0v) is 20.2. The summed E-state index contributed by atoms with van der Waals surface area (Å²) in [6, 6.07) is 5.02. The van der Waals surface area contributed by atoms with Crippen molar-refractivity contribution in [3.8, 4) is 0 Å². The highest BCUT2D eigenvalue weighted by Crippen LogP contribution is 2.29. The second kappa shape index (κ2) is 9.61. The summed E-state index contributed by atoms with van der Waals surface area (Å²) in [5.74, 6) is -0.161. The fourth-order valence-electron chi connectivity index (χ4n) is 4.78. The van der Waals surface area contributed by atoms with Gasteiger partial charge in [-0.25, -0.2) is 15.0 Å². The van der Waals surface area contributed by atoms with Crippen LogP contribution in [-0.4, -0.2) is 86.4 Å². The Bertz CT molecular complexity index is 1300. The van der Waals surface area contributed by atoms with Crippen LogP contribution in [0.1, 0.15) is 28.8 Å². The van der Waals surface area contributed by atoms with Crippen molar-refractivity contribution in [3.63, 3.8) is 0 Å². The lowest BCUT2D eigenvalue weighted by atomic mass is 10.0. The largest absolute Gasteiger partial charge is 0.419 e. The number of amides is 2. The quantitative estimate of drug-likeness (QED) is 0.476. The number of hydrogen-bond acceptors (Lipinski definition) is 7. The molecule has 10 nitrogen and oxygen atoms in total. The molecule has 4 heterocycles. The lowest BCUT2D eigenvalue weighted by Crippen LogP contribution is -2.47. The summed E-state index contributed by atoms with van der Waals surface area (Å²) in [5, 5.41) is 0. The van der Waals surface area contributed by atoms with E-state index >= 15 is 0 Å². The maximum Gasteiger partial charge on any atom is 0.419 e. The molecular formula is C24H27F3N8O2. The van der Waals surface area contributed by atoms with Gasteiger partial charge in [-0.05, 0) is 31.0 Å². The van der Waals surface area contributed by atoms with Crippen molar-refractivity contribution >= 4 is 28.8 Å². The number of likely N-dealkylation sites (N-methyl/N-ethyl adjacent to an activating group) is 1. The maximum absolute atomic E-state index is 13.1. The van der Waals surface area contributed by atoms with E-state index in [9.17, 15) is 22.8 Å². The minimum atomic E-state index is -4.47. The zero-order valence-electron chi connectivity index (χ0n) is 20.2. The van der Waals surface area contributed by atoms with Gasteiger partial charge in [-0.2, -0.15) is 13.2 Å². The Kier molecular flexibility index (Phi) is 6.48. The van der Waals surface area contributed by atoms with Crippen LogP contribution in [0.15, 0.2) is 36.9 Å². The number of piperidine rings is 1. The van der Waals surface area contributed by atoms with Crippen molar-refractivity contribution in [2.24, 2.45) is 5.73 Å². The van der Waals surface area contributed by atoms with Crippen LogP contribution in [-0.2, 0) is 17.5 Å². The van der Waals surface area contributed by atoms with Gasteiger partial charge in [0.15, 0.2) is 0 Å². The molecule has 37 heavy (non-hydrogen) atoms. The van der Waals surface area contributed by atoms with Crippen molar-refractivity contribution in [1.29, 1.82) is 0 Å². The molecule has 2 aromatic heterocycles. The van der Waals surface area contributed by atoms with Crippen molar-refractivity contribution in [1.82, 2.24) is 29.3 Å². The molecule has 2 aliphatic heterocycles. The van der Waals surface area contributed by atoms with Gasteiger partial charge in [0.25, 0.3) is 0 Å². The SMILES string of the molecule is CN(C(=O)C1CN1CCn1cnc2ccc(C(N)=O)cc21)C1CCN(c2ncc(C(F)(F)F)cn2)CC1. The van der Waals surface area contributed by atoms with E-state index in [1.54, 1.807) is 29.4 Å². The second-order valence-corrected chi connectivity index (χ2v) is 9.45. The first-order valence-corrected chi connectivity index (χ1v) is 12.0. The van der Waals surface area contributed by atoms with E-state index in [-0.39, 0.29) is 23.9 Å². The van der Waals surface area contributed by atoms with Gasteiger partial charge in [0.1, 0.15) is 6.04 Å². The van der Waals surface area contributed by atoms with Crippen LogP contribution in [0.4, 0.5) is 19.1 Å². The first-order valence-electron chi connectivity index (χ1n) is 12.0. The summed E-state index contributed by atoms with van der Waals surface area (Å²) in [6.45, 7) is 3.09. The predicted octanol–water partition coefficient (Wildman–Crippen LogP) is 1.76. The third-order valence-electron chi connectivity index (χ3n) is 7.14. The number of primary amides is 1. The van der Waals surface area contributed by atoms with Gasteiger partial charge < -0.3 is 20.1 Å². The molecule has 2 atom stereocenters. The summed E-state index contributed by atoms with van der Waals surface area (Å²) in [7, 11) is 1.81. The highest BCUT2D eigenvalue weighted by atomic mass is 19.4. The minimum Gasteiger partial charge on any atom is -0.366 e. The minimum absolute atomic E-state index is 0.0467. The van der Waals surface area contributed by atoms with Crippen molar-refractivity contribution < 1.29 is 22.8 Å². The summed E-state index contributed by atoms with van der Waals surface area (Å²) >= 11 is 0. The molecule has 2 aliphatic rings. The fourth-order valence-corrected chi connectivity index (χ4v) is 4.78. The smallest absolute Gasteiger partial charge is 0.366 e. The average Bonchev–Trinajstić information content (AvgIpc) is 3.56. The number of carbonyl (C=O) groups excluding carboxylic acids is 2. The Morgan fingerprint density at radius 2 is 1.81 bits per heavy atom. The lowest BCUT2D eigenvalue weighted by molar-refractivity contribution is -0.138. The van der Waals surface area contributed by atoms with E-state index in [2.05, 4.69) is 19.9 Å². The number of carbonyl (C=O) groups is 2. The van der Waals surface area contributed by atoms with Crippen LogP contribution in [0.5, 0.6) is 0 Å². The van der Waals surface area contributed by atoms with Crippen LogP contribution >= 0.6 is 0 Å². The van der Waals surface area contributed by atoms with Crippen molar-refractivity contribution in [2.75, 3.05) is 38.1 Å². The predicted molar refractivity (Wildman–Crippen MR) is 129 cm³/mol. The van der Waals surface area contributed by atoms with E-state index in [0.717, 1.165) is 23.4 Å². The number of nitrogens with two attached hydrogens (primary N) is 1. The Morgan fingerprint density at radius 1 is 1.11 bits per heavy atom. The molecule has 2 unspecified atom stereocenters. The Balaban J connectivity index is 1.11. The molecule has 0 saturated carbocycles. The lowest BCUT2D eigenvalue weighted by Gasteiger charge is -2.36. The normalized spacial score (nSPS) is 20.3. The van der Waals surface area contributed by atoms with Gasteiger partial charge in [-0.3, -0.25) is 14.5 Å². The van der Waals surface area contributed by atoms with Crippen LogP contribution < -0.4 is 10.6 Å². The number of halogens is 3. The number of nitrogens with zero attached hydrogens (tertiary/aromatic N) is 7. The van der Waals surface area contributed by atoms with Crippen molar-refractivity contribution in [2.45, 2.75) is 37.6 Å². The highest BCUT2D eigenvalue weighted by Gasteiger charge is 2.43. The first-order chi connectivity index (χ1) is 17.6. The van der Waals surface area contributed by atoms with Gasteiger partial charge in [-0.15, -0.1) is 0 Å². The molecule has 3 aromatic rings. The van der Waals surface area contributed by atoms with Crippen LogP contribution in [0.25, 0.3) is 11.0 Å². The number of fused-ring (bicyclic) bond motifs is 1. The number of aromatic nitrogens is 4. The third-order valence-corrected chi connectivity index (χ3v) is 7.14. The van der Waals surface area contributed by atoms with E-state index in [4.69, 9.17) is 5.73 Å². The number of anilines is 1. The highest BCUT2D eigenvalue weighted by molar-refractivity contribution is 5.96. The summed E-state index contributed by atoms with van der Waals surface area (Å²) < 4.78 is 40.2. The van der Waals surface area contributed by atoms with E-state index in [1.807, 2.05) is 16.5 Å². The van der Waals surface area contributed by atoms with Gasteiger partial charge in [0.2, 0.25) is 17.8 Å². The Hall–Kier alpha value is -3.74. The van der Waals surface area contributed by atoms with Gasteiger partial charge >= 0.3 is 6.18 Å². The Labute approximate surface area is 210 Å². The molecule has 0 radical (unpaired) electrons. The molecule has 2 N–H and O–H groups in total. The first kappa shape index (κ1) is 24.9. The zero-order chi connectivity index (χ0) is 26.3. The monoisotopic (exact) mass is 516 g/mol. The van der Waals surface area contributed by atoms with Crippen molar-refractivity contribution in [3.05, 3.63) is 48.0 Å². The number of rotatable bonds is 7. The third kappa shape index (κ3) is 5.22. The Morgan fingerprint density at radius 3 is 2.46 bits per heavy atom. The second-order valence-electron chi connectivity index (χ2n) is 9.45. The standard InChI is InChI=1S/C24H27F3N8O2/c1-32(17-4-6-33(7-5-17)23-29-11-16(12-30-23)24(25,26)27)22(37)20-13-34(20)8-9-35-14-31-18-3-2-15(21(28)36)10-19(18)35/h2-3,10-12,14,17,20H,4-9,13H2,1H3,(H2,28,36). The number of imidazole rings is 1. The van der Waals surface area contributed by atoms with E-state index in [0.29, 0.717) is 51.1 Å². The molecule has 13 heteroatoms. The van der Waals surface area contributed by atoms with Gasteiger partial charge in [-0.1, -0.05) is 0 Å². The van der Waals surface area contributed by atoms with Gasteiger partial charge in [0.05, 0.1) is 22.9 Å². The number of alkyl halides is 3. The molecule has 196 valence electrons. The molecule has 2 saturated heterocycles. The molecule has 0 bridgehead atoms. The molecule has 0 aliphatic carbocycles. The topological polar surface area (TPSA) is 113 Å². The fraction of sp³-hybridized carbons (Fsp3) is 0.458. The molecule has 2 fully saturated rings. The number of benzene rings is 1. The molecule has 1 aromatic carbocycles. The number of hydrogen-bond donors (Lipinski definition) is 1. The molecule has 5 rings (SSSR count). The molecular weight excluding hydrogens is 489 g/mol. The van der Waals surface area contributed by atoms with Crippen LogP contribution in [0.3, 0.4) is 0 Å².